The van der Waals surface area contributed by atoms with Gasteiger partial charge in [-0.3, -0.25) is 4.90 Å². The van der Waals surface area contributed by atoms with Gasteiger partial charge in [-0.2, -0.15) is 0 Å². The number of rotatable bonds is 8. The van der Waals surface area contributed by atoms with Crippen LogP contribution in [0.25, 0.3) is 10.9 Å². The summed E-state index contributed by atoms with van der Waals surface area (Å²) in [5, 5.41) is 11.7. The van der Waals surface area contributed by atoms with Gasteiger partial charge in [0.1, 0.15) is 0 Å². The van der Waals surface area contributed by atoms with Crippen LogP contribution in [0.5, 0.6) is 5.88 Å². The van der Waals surface area contributed by atoms with Crippen LogP contribution >= 0.6 is 0 Å². The zero-order valence-corrected chi connectivity index (χ0v) is 20.6. The smallest absolute Gasteiger partial charge is 0.338 e. The van der Waals surface area contributed by atoms with E-state index in [1.54, 1.807) is 19.1 Å². The molecule has 2 N–H and O–H groups in total. The van der Waals surface area contributed by atoms with E-state index in [0.717, 1.165) is 23.2 Å². The Morgan fingerprint density at radius 3 is 2.40 bits per heavy atom. The summed E-state index contributed by atoms with van der Waals surface area (Å²) in [6, 6.07) is 23.6. The lowest BCUT2D eigenvalue weighted by molar-refractivity contribution is 0.0526. The lowest BCUT2D eigenvalue weighted by Gasteiger charge is -2.20. The normalized spacial score (nSPS) is 12.0. The molecule has 6 nitrogen and oxygen atoms in total. The van der Waals surface area contributed by atoms with Crippen LogP contribution in [0.4, 0.5) is 5.69 Å². The van der Waals surface area contributed by atoms with Crippen LogP contribution in [-0.2, 0) is 11.3 Å². The number of aliphatic imine (C=N–C) groups is 1. The molecule has 35 heavy (non-hydrogen) atoms. The Morgan fingerprint density at radius 1 is 1.03 bits per heavy atom. The number of aromatic nitrogens is 1. The molecule has 4 aromatic rings. The summed E-state index contributed by atoms with van der Waals surface area (Å²) in [6.07, 6.45) is 0. The second-order valence-electron chi connectivity index (χ2n) is 8.83. The average molecular weight is 470 g/mol. The highest BCUT2D eigenvalue weighted by Gasteiger charge is 2.20. The number of aromatic hydroxyl groups is 1. The highest BCUT2D eigenvalue weighted by atomic mass is 16.5. The van der Waals surface area contributed by atoms with Crippen molar-refractivity contribution in [1.82, 2.24) is 9.88 Å². The van der Waals surface area contributed by atoms with Crippen molar-refractivity contribution in [2.24, 2.45) is 4.99 Å². The van der Waals surface area contributed by atoms with Crippen molar-refractivity contribution in [3.63, 3.8) is 0 Å². The molecule has 0 amide bonds. The Morgan fingerprint density at radius 2 is 1.74 bits per heavy atom. The van der Waals surface area contributed by atoms with E-state index in [1.165, 1.54) is 5.56 Å². The molecule has 0 atom stereocenters. The molecule has 0 aliphatic carbocycles. The maximum atomic E-state index is 12.2. The molecule has 0 fully saturated rings. The predicted molar refractivity (Wildman–Crippen MR) is 141 cm³/mol. The van der Waals surface area contributed by atoms with E-state index in [2.05, 4.69) is 42.9 Å². The van der Waals surface area contributed by atoms with Gasteiger partial charge in [0.2, 0.25) is 0 Å². The van der Waals surface area contributed by atoms with Gasteiger partial charge in [0.05, 0.1) is 29.1 Å². The molecular formula is C29H31N3O3. The first-order chi connectivity index (χ1) is 16.9. The van der Waals surface area contributed by atoms with Gasteiger partial charge >= 0.3 is 5.97 Å². The molecule has 1 aromatic heterocycles. The lowest BCUT2D eigenvalue weighted by atomic mass is 10.00. The summed E-state index contributed by atoms with van der Waals surface area (Å²) < 4.78 is 5.11. The van der Waals surface area contributed by atoms with Gasteiger partial charge in [-0.05, 0) is 57.6 Å². The fourth-order valence-corrected chi connectivity index (χ4v) is 3.90. The van der Waals surface area contributed by atoms with Crippen molar-refractivity contribution in [3.8, 4) is 5.88 Å². The van der Waals surface area contributed by atoms with Crippen LogP contribution in [0, 0.1) is 0 Å². The number of hydrogen-bond donors (Lipinski definition) is 2. The molecule has 0 bridgehead atoms. The highest BCUT2D eigenvalue weighted by Crippen LogP contribution is 2.32. The third-order valence-electron chi connectivity index (χ3n) is 6.06. The van der Waals surface area contributed by atoms with Crippen molar-refractivity contribution in [3.05, 3.63) is 95.1 Å². The number of esters is 1. The zero-order valence-electron chi connectivity index (χ0n) is 20.6. The lowest BCUT2D eigenvalue weighted by Crippen LogP contribution is -2.25. The topological polar surface area (TPSA) is 77.9 Å². The number of H-pyrrole nitrogens is 1. The van der Waals surface area contributed by atoms with Crippen molar-refractivity contribution >= 4 is 28.3 Å². The summed E-state index contributed by atoms with van der Waals surface area (Å²) in [5.74, 6) is -0.399. The number of nitrogens with zero attached hydrogens (tertiary/aromatic N) is 2. The van der Waals surface area contributed by atoms with E-state index in [1.807, 2.05) is 48.5 Å². The van der Waals surface area contributed by atoms with Gasteiger partial charge in [0, 0.05) is 29.1 Å². The minimum Gasteiger partial charge on any atom is -0.494 e. The van der Waals surface area contributed by atoms with E-state index in [4.69, 9.17) is 9.73 Å². The van der Waals surface area contributed by atoms with Crippen LogP contribution in [0.1, 0.15) is 47.8 Å². The van der Waals surface area contributed by atoms with Crippen molar-refractivity contribution < 1.29 is 14.6 Å². The van der Waals surface area contributed by atoms with E-state index in [0.29, 0.717) is 35.0 Å². The standard InChI is InChI=1S/C29H31N3O3/c1-5-35-29(34)22-13-16-24-25(17-22)31-28(33)26(24)27(21-9-7-6-8-10-21)30-23-14-11-20(12-15-23)18-32(4)19(2)3/h6-17,19,31,33H,5,18H2,1-4H3. The van der Waals surface area contributed by atoms with Gasteiger partial charge in [-0.25, -0.2) is 9.79 Å². The number of carbonyl (C=O) groups excluding carboxylic acids is 1. The van der Waals surface area contributed by atoms with Gasteiger partial charge in [-0.1, -0.05) is 48.5 Å². The van der Waals surface area contributed by atoms with Crippen molar-refractivity contribution in [1.29, 1.82) is 0 Å². The summed E-state index contributed by atoms with van der Waals surface area (Å²) >= 11 is 0. The average Bonchev–Trinajstić information content (AvgIpc) is 3.18. The molecule has 4 rings (SSSR count). The number of nitrogens with one attached hydrogen (secondary N) is 1. The second-order valence-corrected chi connectivity index (χ2v) is 8.83. The van der Waals surface area contributed by atoms with Crippen LogP contribution in [0.3, 0.4) is 0 Å². The monoisotopic (exact) mass is 469 g/mol. The second kappa shape index (κ2) is 10.6. The third-order valence-corrected chi connectivity index (χ3v) is 6.06. The van der Waals surface area contributed by atoms with Crippen LogP contribution in [-0.4, -0.2) is 46.4 Å². The van der Waals surface area contributed by atoms with Crippen LogP contribution < -0.4 is 0 Å². The van der Waals surface area contributed by atoms with Crippen molar-refractivity contribution in [2.45, 2.75) is 33.4 Å². The summed E-state index contributed by atoms with van der Waals surface area (Å²) in [4.78, 5) is 22.4. The summed E-state index contributed by atoms with van der Waals surface area (Å²) in [5.41, 5.74) is 5.17. The molecule has 0 aliphatic rings. The Kier molecular flexibility index (Phi) is 7.32. The molecule has 0 unspecified atom stereocenters. The number of benzene rings is 3. The highest BCUT2D eigenvalue weighted by molar-refractivity contribution is 6.22. The molecule has 0 saturated heterocycles. The number of ether oxygens (including phenoxy) is 1. The first-order valence-corrected chi connectivity index (χ1v) is 11.8. The number of hydrogen-bond acceptors (Lipinski definition) is 5. The summed E-state index contributed by atoms with van der Waals surface area (Å²) in [7, 11) is 2.11. The predicted octanol–water partition coefficient (Wildman–Crippen LogP) is 6.06. The fourth-order valence-electron chi connectivity index (χ4n) is 3.90. The first-order valence-electron chi connectivity index (χ1n) is 11.8. The number of fused-ring (bicyclic) bond motifs is 1. The maximum absolute atomic E-state index is 12.2. The Hall–Kier alpha value is -3.90. The van der Waals surface area contributed by atoms with Gasteiger partial charge in [-0.15, -0.1) is 0 Å². The molecule has 0 aliphatic heterocycles. The quantitative estimate of drug-likeness (QED) is 0.243. The van der Waals surface area contributed by atoms with Crippen molar-refractivity contribution in [2.75, 3.05) is 13.7 Å². The zero-order chi connectivity index (χ0) is 24.9. The fraction of sp³-hybridized carbons (Fsp3) is 0.241. The molecule has 3 aromatic carbocycles. The van der Waals surface area contributed by atoms with Gasteiger partial charge in [0.25, 0.3) is 0 Å². The minimum absolute atomic E-state index is 0.00112. The molecule has 0 saturated carbocycles. The minimum atomic E-state index is -0.398. The van der Waals surface area contributed by atoms with Crippen LogP contribution in [0.15, 0.2) is 77.8 Å². The molecule has 180 valence electrons. The van der Waals surface area contributed by atoms with E-state index in [-0.39, 0.29) is 5.88 Å². The Balaban J connectivity index is 1.77. The Bertz CT molecular complexity index is 1340. The Labute approximate surface area is 205 Å². The van der Waals surface area contributed by atoms with Gasteiger partial charge < -0.3 is 14.8 Å². The van der Waals surface area contributed by atoms with Gasteiger partial charge in [0.15, 0.2) is 5.88 Å². The molecule has 0 radical (unpaired) electrons. The van der Waals surface area contributed by atoms with E-state index >= 15 is 0 Å². The largest absolute Gasteiger partial charge is 0.494 e. The third kappa shape index (κ3) is 5.44. The molecule has 1 heterocycles. The van der Waals surface area contributed by atoms with Crippen LogP contribution in [0.2, 0.25) is 0 Å². The molecule has 0 spiro atoms. The maximum Gasteiger partial charge on any atom is 0.338 e. The number of carbonyl (C=O) groups is 1. The van der Waals surface area contributed by atoms with E-state index in [9.17, 15) is 9.90 Å². The SMILES string of the molecule is CCOC(=O)c1ccc2c(C(=Nc3ccc(CN(C)C(C)C)cc3)c3ccccc3)c(O)[nH]c2c1. The molecule has 6 heteroatoms. The number of aromatic amines is 1. The first kappa shape index (κ1) is 24.2. The molecular weight excluding hydrogens is 438 g/mol. The van der Waals surface area contributed by atoms with E-state index < -0.39 is 5.97 Å². The summed E-state index contributed by atoms with van der Waals surface area (Å²) in [6.45, 7) is 7.28.